The molecule has 5 nitrogen and oxygen atoms in total. The van der Waals surface area contributed by atoms with Gasteiger partial charge in [0, 0.05) is 29.5 Å². The van der Waals surface area contributed by atoms with Gasteiger partial charge in [-0.15, -0.1) is 0 Å². The molecule has 1 aliphatic heterocycles. The number of ether oxygens (including phenoxy) is 2. The minimum atomic E-state index is -2.21. The lowest BCUT2D eigenvalue weighted by atomic mass is 9.75. The van der Waals surface area contributed by atoms with Gasteiger partial charge in [-0.2, -0.15) is 0 Å². The Bertz CT molecular complexity index is 973. The monoisotopic (exact) mass is 345 g/mol. The van der Waals surface area contributed by atoms with E-state index in [1.165, 1.54) is 14.2 Å². The van der Waals surface area contributed by atoms with Gasteiger partial charge in [-0.1, -0.05) is 6.07 Å². The first-order valence-electron chi connectivity index (χ1n) is 9.81. The lowest BCUT2D eigenvalue weighted by Gasteiger charge is -2.46. The molecular weight excluding hydrogens is 318 g/mol. The Balaban J connectivity index is 2.09. The fourth-order valence-corrected chi connectivity index (χ4v) is 4.24. The second kappa shape index (κ2) is 5.30. The fraction of sp³-hybridized carbons (Fsp3) is 0.400. The van der Waals surface area contributed by atoms with Crippen molar-refractivity contribution in [1.29, 1.82) is 0 Å². The van der Waals surface area contributed by atoms with Crippen molar-refractivity contribution < 1.29 is 28.3 Å². The van der Waals surface area contributed by atoms with Gasteiger partial charge in [-0.3, -0.25) is 0 Å². The lowest BCUT2D eigenvalue weighted by molar-refractivity contribution is -0.923. The quantitative estimate of drug-likeness (QED) is 0.822. The Morgan fingerprint density at radius 1 is 1.08 bits per heavy atom. The maximum Gasteiger partial charge on any atom is 0.166 e. The Morgan fingerprint density at radius 3 is 2.48 bits per heavy atom. The number of benzene rings is 2. The fourth-order valence-electron chi connectivity index (χ4n) is 4.24. The molecule has 1 aliphatic carbocycles. The number of phenols is 2. The number of fused-ring (bicyclic) bond motifs is 2. The summed E-state index contributed by atoms with van der Waals surface area (Å²) in [7, 11) is 4.70. The molecule has 0 fully saturated rings. The van der Waals surface area contributed by atoms with Crippen LogP contribution in [0.2, 0.25) is 0 Å². The number of rotatable bonds is 2. The highest BCUT2D eigenvalue weighted by Crippen LogP contribution is 2.56. The van der Waals surface area contributed by atoms with E-state index in [1.54, 1.807) is 19.2 Å². The zero-order chi connectivity index (χ0) is 20.4. The highest BCUT2D eigenvalue weighted by atomic mass is 16.5. The molecule has 2 N–H and O–H groups in total. The van der Waals surface area contributed by atoms with Crippen LogP contribution in [0.4, 0.5) is 0 Å². The Labute approximate surface area is 151 Å². The van der Waals surface area contributed by atoms with Gasteiger partial charge >= 0.3 is 0 Å². The molecule has 0 bridgehead atoms. The summed E-state index contributed by atoms with van der Waals surface area (Å²) in [6.07, 6.45) is 0.998. The van der Waals surface area contributed by atoms with Crippen molar-refractivity contribution >= 4 is 0 Å². The Hall–Kier alpha value is -2.40. The molecule has 0 amide bonds. The van der Waals surface area contributed by atoms with E-state index in [0.29, 0.717) is 42.0 Å². The van der Waals surface area contributed by atoms with E-state index < -0.39 is 6.98 Å². The molecule has 5 heteroatoms. The summed E-state index contributed by atoms with van der Waals surface area (Å²) in [5.41, 5.74) is 3.44. The second-order valence-corrected chi connectivity index (χ2v) is 6.99. The zero-order valence-corrected chi connectivity index (χ0v) is 14.6. The predicted octanol–water partition coefficient (Wildman–Crippen LogP) is 3.01. The average molecular weight is 345 g/mol. The van der Waals surface area contributed by atoms with Crippen molar-refractivity contribution in [3.63, 3.8) is 0 Å². The van der Waals surface area contributed by atoms with E-state index in [9.17, 15) is 10.2 Å². The van der Waals surface area contributed by atoms with Crippen molar-refractivity contribution in [2.24, 2.45) is 0 Å². The van der Waals surface area contributed by atoms with E-state index in [1.807, 2.05) is 6.07 Å². The first-order chi connectivity index (χ1) is 13.1. The molecule has 2 aromatic rings. The molecule has 1 unspecified atom stereocenters. The van der Waals surface area contributed by atoms with Crippen LogP contribution >= 0.6 is 0 Å². The molecule has 2 atom stereocenters. The third kappa shape index (κ3) is 2.12. The zero-order valence-electron chi connectivity index (χ0n) is 17.6. The van der Waals surface area contributed by atoms with Gasteiger partial charge in [0.2, 0.25) is 0 Å². The molecule has 0 saturated carbocycles. The first kappa shape index (κ1) is 12.9. The van der Waals surface area contributed by atoms with Gasteiger partial charge in [-0.05, 0) is 23.3 Å². The Kier molecular flexibility index (Phi) is 2.73. The molecule has 0 spiro atoms. The Morgan fingerprint density at radius 2 is 1.80 bits per heavy atom. The van der Waals surface area contributed by atoms with Crippen LogP contribution in [0.5, 0.6) is 23.0 Å². The van der Waals surface area contributed by atoms with E-state index in [4.69, 9.17) is 13.6 Å². The molecular formula is C20H24NO4+. The smallest absolute Gasteiger partial charge is 0.166 e. The first-order valence-corrected chi connectivity index (χ1v) is 8.31. The minimum absolute atomic E-state index is 0.0575. The van der Waals surface area contributed by atoms with Crippen molar-refractivity contribution in [1.82, 2.24) is 0 Å². The standard InChI is InChI=1S/C20H23NO4/c1-21(2)8-7-12-10-15(25-4)20(23)18-16(12)13(21)9-11-5-6-14(24-3)19(22)17(11)18/h5-6,10,13H,7-9H2,1-4H3,(H-,22,23)/p+1/t13-/m0/s1/i1D3/t13-,21?. The van der Waals surface area contributed by atoms with Crippen LogP contribution in [0.15, 0.2) is 18.2 Å². The van der Waals surface area contributed by atoms with Gasteiger partial charge in [0.15, 0.2) is 23.0 Å². The summed E-state index contributed by atoms with van der Waals surface area (Å²) < 4.78 is 35.0. The predicted molar refractivity (Wildman–Crippen MR) is 95.4 cm³/mol. The van der Waals surface area contributed by atoms with E-state index in [0.717, 1.165) is 16.7 Å². The molecule has 25 heavy (non-hydrogen) atoms. The van der Waals surface area contributed by atoms with E-state index >= 15 is 0 Å². The maximum absolute atomic E-state index is 11.0. The number of phenolic OH excluding ortho intramolecular Hbond substituents is 2. The van der Waals surface area contributed by atoms with E-state index in [-0.39, 0.29) is 22.0 Å². The molecule has 2 aliphatic rings. The molecule has 132 valence electrons. The van der Waals surface area contributed by atoms with Crippen molar-refractivity contribution in [2.75, 3.05) is 34.8 Å². The van der Waals surface area contributed by atoms with Crippen LogP contribution in [-0.2, 0) is 12.8 Å². The third-order valence-electron chi connectivity index (χ3n) is 5.59. The average Bonchev–Trinajstić information content (AvgIpc) is 2.65. The van der Waals surface area contributed by atoms with E-state index in [2.05, 4.69) is 0 Å². The lowest BCUT2D eigenvalue weighted by Crippen LogP contribution is -2.49. The largest absolute Gasteiger partial charge is 0.504 e. The van der Waals surface area contributed by atoms with Crippen LogP contribution in [-0.4, -0.2) is 49.5 Å². The molecule has 4 rings (SSSR count). The number of aromatic hydroxyl groups is 2. The van der Waals surface area contributed by atoms with Crippen LogP contribution in [0, 0.1) is 0 Å². The molecule has 2 aromatic carbocycles. The summed E-state index contributed by atoms with van der Waals surface area (Å²) in [6.45, 7) is -1.75. The number of methoxy groups -OCH3 is 2. The molecule has 0 aromatic heterocycles. The highest BCUT2D eigenvalue weighted by Gasteiger charge is 2.44. The highest BCUT2D eigenvalue weighted by molar-refractivity contribution is 5.87. The summed E-state index contributed by atoms with van der Waals surface area (Å²) in [6, 6.07) is 4.92. The maximum atomic E-state index is 11.0. The third-order valence-corrected chi connectivity index (χ3v) is 5.59. The van der Waals surface area contributed by atoms with Gasteiger partial charge in [0.25, 0.3) is 0 Å². The SMILES string of the molecule is [2H]C([2H])([2H])[N+]1(C)CCc2cc(OC)c(O)c3c2[C@@H]1Cc1ccc(OC)c(O)c1-3. The summed E-state index contributed by atoms with van der Waals surface area (Å²) >= 11 is 0. The van der Waals surface area contributed by atoms with Gasteiger partial charge in [-0.25, -0.2) is 0 Å². The summed E-state index contributed by atoms with van der Waals surface area (Å²) in [4.78, 5) is 0. The van der Waals surface area contributed by atoms with Crippen LogP contribution in [0.1, 0.15) is 26.8 Å². The minimum Gasteiger partial charge on any atom is -0.504 e. The van der Waals surface area contributed by atoms with Gasteiger partial charge in [0.05, 0.1) is 38.9 Å². The number of nitrogens with zero attached hydrogens (tertiary/aromatic N) is 1. The van der Waals surface area contributed by atoms with Crippen LogP contribution in [0.25, 0.3) is 11.1 Å². The number of hydrogen-bond donors (Lipinski definition) is 2. The number of quaternary nitrogens is 1. The topological polar surface area (TPSA) is 58.9 Å². The van der Waals surface area contributed by atoms with Crippen molar-refractivity contribution in [3.05, 3.63) is 34.9 Å². The van der Waals surface area contributed by atoms with Gasteiger partial charge < -0.3 is 24.2 Å². The van der Waals surface area contributed by atoms with Crippen LogP contribution < -0.4 is 9.47 Å². The normalized spacial score (nSPS) is 25.9. The second-order valence-electron chi connectivity index (χ2n) is 6.99. The summed E-state index contributed by atoms with van der Waals surface area (Å²) in [5, 5.41) is 21.8. The van der Waals surface area contributed by atoms with Crippen molar-refractivity contribution in [3.8, 4) is 34.1 Å². The van der Waals surface area contributed by atoms with Gasteiger partial charge in [0.1, 0.15) is 6.04 Å². The number of hydrogen-bond acceptors (Lipinski definition) is 4. The molecule has 0 saturated heterocycles. The molecule has 1 heterocycles. The summed E-state index contributed by atoms with van der Waals surface area (Å²) in [5.74, 6) is 0.470. The molecule has 0 radical (unpaired) electrons. The number of likely N-dealkylation sites (N-methyl/N-ethyl adjacent to an activating group) is 1. The van der Waals surface area contributed by atoms with Crippen LogP contribution in [0.3, 0.4) is 0 Å². The van der Waals surface area contributed by atoms with Crippen molar-refractivity contribution in [2.45, 2.75) is 18.9 Å².